The number of hydrogen-bond acceptors (Lipinski definition) is 5. The van der Waals surface area contributed by atoms with Gasteiger partial charge in [0.1, 0.15) is 6.10 Å². The van der Waals surface area contributed by atoms with Crippen molar-refractivity contribution < 1.29 is 23.0 Å². The summed E-state index contributed by atoms with van der Waals surface area (Å²) in [7, 11) is 0. The number of aliphatic hydroxyl groups excluding tert-OH is 1. The molecule has 0 bridgehead atoms. The minimum atomic E-state index is -4.46. The number of nitrogens with zero attached hydrogens (tertiary/aromatic N) is 2. The van der Waals surface area contributed by atoms with Crippen LogP contribution in [0.15, 0.2) is 0 Å². The summed E-state index contributed by atoms with van der Waals surface area (Å²) in [4.78, 5) is 0. The normalized spacial score (nSPS) is 25.1. The molecule has 18 heavy (non-hydrogen) atoms. The monoisotopic (exact) mass is 282 g/mol. The Morgan fingerprint density at radius 3 is 2.39 bits per heavy atom. The van der Waals surface area contributed by atoms with Gasteiger partial charge in [0.2, 0.25) is 5.01 Å². The predicted octanol–water partition coefficient (Wildman–Crippen LogP) is 2.49. The fourth-order valence-corrected chi connectivity index (χ4v) is 2.58. The lowest BCUT2D eigenvalue weighted by Crippen LogP contribution is -2.25. The van der Waals surface area contributed by atoms with Crippen molar-refractivity contribution in [2.24, 2.45) is 5.92 Å². The van der Waals surface area contributed by atoms with E-state index in [4.69, 9.17) is 9.84 Å². The summed E-state index contributed by atoms with van der Waals surface area (Å²) in [6.07, 6.45) is -1.48. The van der Waals surface area contributed by atoms with Gasteiger partial charge in [0, 0.05) is 6.61 Å². The van der Waals surface area contributed by atoms with Gasteiger partial charge in [-0.15, -0.1) is 5.10 Å². The molecule has 2 rings (SSSR count). The molecule has 1 saturated carbocycles. The van der Waals surface area contributed by atoms with Gasteiger partial charge >= 0.3 is 6.18 Å². The highest BCUT2D eigenvalue weighted by molar-refractivity contribution is 7.13. The molecule has 0 saturated heterocycles. The molecule has 1 fully saturated rings. The topological polar surface area (TPSA) is 55.2 Å². The van der Waals surface area contributed by atoms with E-state index < -0.39 is 11.2 Å². The molecule has 1 heterocycles. The second-order valence-corrected chi connectivity index (χ2v) is 5.25. The van der Waals surface area contributed by atoms with Crippen LogP contribution in [0.5, 0.6) is 5.19 Å². The molecular formula is C10H13F3N2O2S. The molecule has 0 aromatic carbocycles. The van der Waals surface area contributed by atoms with Crippen LogP contribution in [0, 0.1) is 5.92 Å². The van der Waals surface area contributed by atoms with Gasteiger partial charge in [-0.1, -0.05) is 16.4 Å². The van der Waals surface area contributed by atoms with Crippen LogP contribution in [0.4, 0.5) is 13.2 Å². The molecule has 4 nitrogen and oxygen atoms in total. The maximum Gasteiger partial charge on any atom is 0.445 e. The number of rotatable bonds is 3. The van der Waals surface area contributed by atoms with Crippen LogP contribution < -0.4 is 4.74 Å². The van der Waals surface area contributed by atoms with Crippen molar-refractivity contribution in [2.75, 3.05) is 6.61 Å². The van der Waals surface area contributed by atoms with Gasteiger partial charge < -0.3 is 9.84 Å². The minimum Gasteiger partial charge on any atom is -0.466 e. The van der Waals surface area contributed by atoms with Crippen molar-refractivity contribution in [1.82, 2.24) is 10.2 Å². The first kappa shape index (κ1) is 13.5. The Balaban J connectivity index is 1.89. The highest BCUT2D eigenvalue weighted by Crippen LogP contribution is 2.35. The van der Waals surface area contributed by atoms with Gasteiger partial charge in [0.15, 0.2) is 0 Å². The lowest BCUT2D eigenvalue weighted by Gasteiger charge is -2.26. The summed E-state index contributed by atoms with van der Waals surface area (Å²) < 4.78 is 42.3. The van der Waals surface area contributed by atoms with Gasteiger partial charge in [-0.3, -0.25) is 0 Å². The van der Waals surface area contributed by atoms with E-state index in [0.717, 1.165) is 25.7 Å². The van der Waals surface area contributed by atoms with Gasteiger partial charge in [-0.25, -0.2) is 0 Å². The third-order valence-corrected chi connectivity index (χ3v) is 3.83. The van der Waals surface area contributed by atoms with E-state index in [1.807, 2.05) is 0 Å². The molecule has 0 unspecified atom stereocenters. The van der Waals surface area contributed by atoms with Crippen molar-refractivity contribution in [3.8, 4) is 5.19 Å². The molecule has 0 amide bonds. The van der Waals surface area contributed by atoms with Crippen molar-refractivity contribution in [3.63, 3.8) is 0 Å². The van der Waals surface area contributed by atoms with Crippen molar-refractivity contribution in [1.29, 1.82) is 0 Å². The maximum atomic E-state index is 12.3. The van der Waals surface area contributed by atoms with Crippen LogP contribution in [0.25, 0.3) is 0 Å². The molecule has 1 aromatic rings. The Morgan fingerprint density at radius 1 is 1.22 bits per heavy atom. The largest absolute Gasteiger partial charge is 0.466 e. The smallest absolute Gasteiger partial charge is 0.445 e. The maximum absolute atomic E-state index is 12.3. The fourth-order valence-electron chi connectivity index (χ4n) is 1.95. The Kier molecular flexibility index (Phi) is 4.06. The average molecular weight is 282 g/mol. The number of alkyl halides is 3. The Morgan fingerprint density at radius 2 is 1.89 bits per heavy atom. The van der Waals surface area contributed by atoms with Crippen molar-refractivity contribution in [3.05, 3.63) is 5.01 Å². The van der Waals surface area contributed by atoms with Gasteiger partial charge in [0.05, 0.1) is 0 Å². The van der Waals surface area contributed by atoms with Crippen LogP contribution in [-0.2, 0) is 6.18 Å². The van der Waals surface area contributed by atoms with Crippen LogP contribution in [0.2, 0.25) is 0 Å². The molecule has 102 valence electrons. The zero-order valence-electron chi connectivity index (χ0n) is 9.48. The molecule has 0 spiro atoms. The highest BCUT2D eigenvalue weighted by Gasteiger charge is 2.36. The first-order chi connectivity index (χ1) is 8.49. The summed E-state index contributed by atoms with van der Waals surface area (Å²) in [5, 5.41) is 14.4. The SMILES string of the molecule is OCC1CCC(Oc2nnc(C(F)(F)F)s2)CC1. The molecule has 8 heteroatoms. The molecule has 0 atom stereocenters. The number of halogens is 3. The van der Waals surface area contributed by atoms with Crippen LogP contribution in [0.3, 0.4) is 0 Å². The van der Waals surface area contributed by atoms with Crippen LogP contribution in [0.1, 0.15) is 30.7 Å². The highest BCUT2D eigenvalue weighted by atomic mass is 32.1. The summed E-state index contributed by atoms with van der Waals surface area (Å²) in [6.45, 7) is 0.156. The summed E-state index contributed by atoms with van der Waals surface area (Å²) in [5.41, 5.74) is 0. The summed E-state index contributed by atoms with van der Waals surface area (Å²) in [5.74, 6) is 0.282. The Hall–Kier alpha value is -0.890. The first-order valence-corrected chi connectivity index (χ1v) is 6.49. The van der Waals surface area contributed by atoms with E-state index in [0.29, 0.717) is 11.3 Å². The zero-order chi connectivity index (χ0) is 13.2. The Bertz CT molecular complexity index is 389. The zero-order valence-corrected chi connectivity index (χ0v) is 10.3. The van der Waals surface area contributed by atoms with Gasteiger partial charge in [0.25, 0.3) is 5.19 Å². The number of hydrogen-bond donors (Lipinski definition) is 1. The van der Waals surface area contributed by atoms with E-state index in [1.165, 1.54) is 0 Å². The molecule has 1 N–H and O–H groups in total. The second kappa shape index (κ2) is 5.40. The predicted molar refractivity (Wildman–Crippen MR) is 58.4 cm³/mol. The third-order valence-electron chi connectivity index (χ3n) is 2.97. The second-order valence-electron chi connectivity index (χ2n) is 4.31. The quantitative estimate of drug-likeness (QED) is 0.925. The van der Waals surface area contributed by atoms with Crippen LogP contribution >= 0.6 is 11.3 Å². The third kappa shape index (κ3) is 3.32. The Labute approximate surface area is 106 Å². The number of aromatic nitrogens is 2. The lowest BCUT2D eigenvalue weighted by molar-refractivity contribution is -0.138. The molecule has 0 aliphatic heterocycles. The van der Waals surface area contributed by atoms with E-state index in [1.54, 1.807) is 0 Å². The summed E-state index contributed by atoms with van der Waals surface area (Å²) in [6, 6.07) is 0. The van der Waals surface area contributed by atoms with E-state index in [-0.39, 0.29) is 23.8 Å². The molecule has 1 aliphatic rings. The van der Waals surface area contributed by atoms with E-state index in [2.05, 4.69) is 10.2 Å². The first-order valence-electron chi connectivity index (χ1n) is 5.67. The number of ether oxygens (including phenoxy) is 1. The molecule has 1 aromatic heterocycles. The minimum absolute atomic E-state index is 0.0326. The lowest BCUT2D eigenvalue weighted by atomic mass is 9.88. The average Bonchev–Trinajstić information content (AvgIpc) is 2.78. The van der Waals surface area contributed by atoms with E-state index in [9.17, 15) is 13.2 Å². The van der Waals surface area contributed by atoms with Gasteiger partial charge in [-0.2, -0.15) is 13.2 Å². The van der Waals surface area contributed by atoms with Crippen LogP contribution in [-0.4, -0.2) is 28.0 Å². The fraction of sp³-hybridized carbons (Fsp3) is 0.800. The molecule has 1 aliphatic carbocycles. The van der Waals surface area contributed by atoms with Crippen molar-refractivity contribution in [2.45, 2.75) is 38.0 Å². The van der Waals surface area contributed by atoms with E-state index >= 15 is 0 Å². The standard InChI is InChI=1S/C10H13F3N2O2S/c11-10(12,13)8-14-15-9(18-8)17-7-3-1-6(5-16)2-4-7/h6-7,16H,1-5H2. The molecule has 0 radical (unpaired) electrons. The van der Waals surface area contributed by atoms with Gasteiger partial charge in [-0.05, 0) is 31.6 Å². The summed E-state index contributed by atoms with van der Waals surface area (Å²) >= 11 is 0.421. The number of aliphatic hydroxyl groups is 1. The van der Waals surface area contributed by atoms with Crippen molar-refractivity contribution >= 4 is 11.3 Å². The molecular weight excluding hydrogens is 269 g/mol.